The monoisotopic (exact) mass is 264 g/mol. The van der Waals surface area contributed by atoms with Crippen LogP contribution < -0.4 is 0 Å². The van der Waals surface area contributed by atoms with Gasteiger partial charge in [-0.2, -0.15) is 4.98 Å². The van der Waals surface area contributed by atoms with Crippen molar-refractivity contribution in [3.05, 3.63) is 24.0 Å². The fourth-order valence-corrected chi connectivity index (χ4v) is 1.72. The molecule has 2 rings (SSSR count). The molecule has 19 heavy (non-hydrogen) atoms. The van der Waals surface area contributed by atoms with E-state index in [1.54, 1.807) is 6.07 Å². The quantitative estimate of drug-likeness (QED) is 0.807. The fraction of sp³-hybridized carbons (Fsp3) is 0.385. The Balaban J connectivity index is 2.27. The molecule has 2 aromatic rings. The molecule has 1 aromatic heterocycles. The van der Waals surface area contributed by atoms with Gasteiger partial charge in [-0.3, -0.25) is 0 Å². The molecular weight excluding hydrogens is 248 g/mol. The number of benzene rings is 1. The van der Waals surface area contributed by atoms with Gasteiger partial charge in [0, 0.05) is 12.2 Å². The summed E-state index contributed by atoms with van der Waals surface area (Å²) in [6.45, 7) is 4.45. The van der Waals surface area contributed by atoms with Crippen molar-refractivity contribution in [3.63, 3.8) is 0 Å². The third-order valence-corrected chi connectivity index (χ3v) is 2.69. The zero-order valence-electron chi connectivity index (χ0n) is 10.8. The lowest BCUT2D eigenvalue weighted by atomic mass is 10.2. The van der Waals surface area contributed by atoms with Gasteiger partial charge in [-0.15, -0.1) is 0 Å². The highest BCUT2D eigenvalue weighted by molar-refractivity contribution is 5.58. The van der Waals surface area contributed by atoms with E-state index in [1.807, 2.05) is 13.8 Å². The molecule has 0 aliphatic rings. The molecule has 102 valence electrons. The number of rotatable bonds is 5. The summed E-state index contributed by atoms with van der Waals surface area (Å²) < 4.78 is 10.6. The molecule has 0 amide bonds. The second-order valence-corrected chi connectivity index (χ2v) is 4.01. The highest BCUT2D eigenvalue weighted by atomic mass is 16.5. The van der Waals surface area contributed by atoms with Crippen LogP contribution in [0.1, 0.15) is 32.2 Å². The Hall–Kier alpha value is -2.08. The SMILES string of the molecule is CCOC(CC)c1noc(-c2ccc(O)c(O)c2)n1. The van der Waals surface area contributed by atoms with E-state index in [9.17, 15) is 10.2 Å². The van der Waals surface area contributed by atoms with Crippen LogP contribution in [-0.2, 0) is 4.74 Å². The van der Waals surface area contributed by atoms with Gasteiger partial charge in [0.05, 0.1) is 0 Å². The van der Waals surface area contributed by atoms with E-state index in [1.165, 1.54) is 12.1 Å². The molecule has 1 atom stereocenters. The molecule has 0 saturated carbocycles. The van der Waals surface area contributed by atoms with Crippen molar-refractivity contribution in [3.8, 4) is 23.0 Å². The lowest BCUT2D eigenvalue weighted by Gasteiger charge is -2.09. The third kappa shape index (κ3) is 2.85. The van der Waals surface area contributed by atoms with Gasteiger partial charge in [0.15, 0.2) is 11.5 Å². The van der Waals surface area contributed by atoms with Gasteiger partial charge in [0.1, 0.15) is 6.10 Å². The molecule has 0 spiro atoms. The van der Waals surface area contributed by atoms with Crippen molar-refractivity contribution < 1.29 is 19.5 Å². The van der Waals surface area contributed by atoms with Gasteiger partial charge in [-0.05, 0) is 31.5 Å². The lowest BCUT2D eigenvalue weighted by Crippen LogP contribution is -2.04. The minimum atomic E-state index is -0.228. The number of hydrogen-bond donors (Lipinski definition) is 2. The van der Waals surface area contributed by atoms with Gasteiger partial charge in [0.2, 0.25) is 5.82 Å². The molecule has 6 nitrogen and oxygen atoms in total. The van der Waals surface area contributed by atoms with Crippen molar-refractivity contribution in [2.45, 2.75) is 26.4 Å². The van der Waals surface area contributed by atoms with Gasteiger partial charge >= 0.3 is 0 Å². The van der Waals surface area contributed by atoms with E-state index in [2.05, 4.69) is 10.1 Å². The molecule has 0 aliphatic carbocycles. The molecule has 1 aromatic carbocycles. The lowest BCUT2D eigenvalue weighted by molar-refractivity contribution is 0.0518. The van der Waals surface area contributed by atoms with E-state index < -0.39 is 0 Å². The van der Waals surface area contributed by atoms with Crippen LogP contribution in [-0.4, -0.2) is 27.0 Å². The number of aromatic hydroxyl groups is 2. The summed E-state index contributed by atoms with van der Waals surface area (Å²) in [6, 6.07) is 4.33. The molecule has 2 N–H and O–H groups in total. The Kier molecular flexibility index (Phi) is 4.01. The normalized spacial score (nSPS) is 12.5. The first-order valence-corrected chi connectivity index (χ1v) is 6.13. The Morgan fingerprint density at radius 2 is 2.05 bits per heavy atom. The summed E-state index contributed by atoms with van der Waals surface area (Å²) in [6.07, 6.45) is 0.543. The minimum absolute atomic E-state index is 0.191. The zero-order chi connectivity index (χ0) is 13.8. The number of phenolic OH excluding ortho intramolecular Hbond substituents is 2. The van der Waals surface area contributed by atoms with E-state index in [0.29, 0.717) is 18.0 Å². The average molecular weight is 264 g/mol. The van der Waals surface area contributed by atoms with Crippen LogP contribution in [0.2, 0.25) is 0 Å². The predicted octanol–water partition coefficient (Wildman–Crippen LogP) is 2.64. The van der Waals surface area contributed by atoms with Gasteiger partial charge < -0.3 is 19.5 Å². The minimum Gasteiger partial charge on any atom is -0.504 e. The first-order chi connectivity index (χ1) is 9.15. The topological polar surface area (TPSA) is 88.6 Å². The summed E-state index contributed by atoms with van der Waals surface area (Å²) in [4.78, 5) is 4.25. The highest BCUT2D eigenvalue weighted by Crippen LogP contribution is 2.30. The number of phenols is 2. The van der Waals surface area contributed by atoms with Crippen LogP contribution >= 0.6 is 0 Å². The van der Waals surface area contributed by atoms with Crippen LogP contribution in [0.15, 0.2) is 22.7 Å². The molecule has 6 heteroatoms. The van der Waals surface area contributed by atoms with E-state index in [0.717, 1.165) is 6.42 Å². The smallest absolute Gasteiger partial charge is 0.258 e. The van der Waals surface area contributed by atoms with Gasteiger partial charge in [0.25, 0.3) is 5.89 Å². The molecule has 0 bridgehead atoms. The van der Waals surface area contributed by atoms with Crippen LogP contribution in [0.25, 0.3) is 11.5 Å². The first kappa shape index (κ1) is 13.4. The maximum absolute atomic E-state index is 9.44. The Morgan fingerprint density at radius 1 is 1.26 bits per heavy atom. The Bertz CT molecular complexity index is 553. The first-order valence-electron chi connectivity index (χ1n) is 6.13. The summed E-state index contributed by atoms with van der Waals surface area (Å²) in [5.41, 5.74) is 0.542. The second-order valence-electron chi connectivity index (χ2n) is 4.01. The zero-order valence-corrected chi connectivity index (χ0v) is 10.8. The Morgan fingerprint density at radius 3 is 2.68 bits per heavy atom. The average Bonchev–Trinajstić information content (AvgIpc) is 2.88. The summed E-state index contributed by atoms with van der Waals surface area (Å²) in [5, 5.41) is 22.6. The molecule has 0 saturated heterocycles. The number of ether oxygens (including phenoxy) is 1. The maximum atomic E-state index is 9.44. The van der Waals surface area contributed by atoms with Crippen LogP contribution in [0.3, 0.4) is 0 Å². The number of aromatic nitrogens is 2. The summed E-state index contributed by atoms with van der Waals surface area (Å²) in [5.74, 6) is 0.341. The van der Waals surface area contributed by atoms with Crippen molar-refractivity contribution in [2.24, 2.45) is 0 Å². The predicted molar refractivity (Wildman–Crippen MR) is 67.7 cm³/mol. The van der Waals surface area contributed by atoms with Gasteiger partial charge in [-0.1, -0.05) is 12.1 Å². The molecule has 1 heterocycles. The third-order valence-electron chi connectivity index (χ3n) is 2.69. The molecule has 0 fully saturated rings. The van der Waals surface area contributed by atoms with Crippen LogP contribution in [0.4, 0.5) is 0 Å². The number of nitrogens with zero attached hydrogens (tertiary/aromatic N) is 2. The summed E-state index contributed by atoms with van der Waals surface area (Å²) >= 11 is 0. The summed E-state index contributed by atoms with van der Waals surface area (Å²) in [7, 11) is 0. The molecule has 1 unspecified atom stereocenters. The number of hydrogen-bond acceptors (Lipinski definition) is 6. The highest BCUT2D eigenvalue weighted by Gasteiger charge is 2.18. The van der Waals surface area contributed by atoms with Crippen LogP contribution in [0.5, 0.6) is 11.5 Å². The van der Waals surface area contributed by atoms with Crippen molar-refractivity contribution in [2.75, 3.05) is 6.61 Å². The van der Waals surface area contributed by atoms with Crippen molar-refractivity contribution >= 4 is 0 Å². The van der Waals surface area contributed by atoms with Crippen molar-refractivity contribution in [1.82, 2.24) is 10.1 Å². The van der Waals surface area contributed by atoms with E-state index >= 15 is 0 Å². The maximum Gasteiger partial charge on any atom is 0.258 e. The van der Waals surface area contributed by atoms with Crippen molar-refractivity contribution in [1.29, 1.82) is 0 Å². The standard InChI is InChI=1S/C13H16N2O4/c1-3-11(18-4-2)12-14-13(19-15-12)8-5-6-9(16)10(17)7-8/h5-7,11,16-17H,3-4H2,1-2H3. The molecule has 0 radical (unpaired) electrons. The van der Waals surface area contributed by atoms with E-state index in [4.69, 9.17) is 9.26 Å². The van der Waals surface area contributed by atoms with Crippen LogP contribution in [0, 0.1) is 0 Å². The molecule has 0 aliphatic heterocycles. The molecular formula is C13H16N2O4. The Labute approximate surface area is 110 Å². The second kappa shape index (κ2) is 5.71. The fourth-order valence-electron chi connectivity index (χ4n) is 1.72. The van der Waals surface area contributed by atoms with Gasteiger partial charge in [-0.25, -0.2) is 0 Å². The largest absolute Gasteiger partial charge is 0.504 e. The van der Waals surface area contributed by atoms with E-state index in [-0.39, 0.29) is 23.5 Å².